The molecule has 1 amide bonds. The van der Waals surface area contributed by atoms with Gasteiger partial charge in [0.05, 0.1) is 11.9 Å². The fraction of sp³-hybridized carbons (Fsp3) is 0.625. The number of halogens is 1. The smallest absolute Gasteiger partial charge is 0.414 e. The number of aromatic nitrogens is 1. The number of carbonyl (C=O) groups is 1. The molecule has 1 aromatic heterocycles. The average molecular weight is 353 g/mol. The Bertz CT molecular complexity index is 574. The summed E-state index contributed by atoms with van der Waals surface area (Å²) in [7, 11) is 0. The predicted octanol–water partition coefficient (Wildman–Crippen LogP) is 4.41. The van der Waals surface area contributed by atoms with Crippen molar-refractivity contribution in [2.75, 3.05) is 11.4 Å². The van der Waals surface area contributed by atoms with E-state index in [1.165, 1.54) is 18.4 Å². The summed E-state index contributed by atoms with van der Waals surface area (Å²) in [5.41, 5.74) is 1.77. The molecule has 114 valence electrons. The van der Waals surface area contributed by atoms with Crippen LogP contribution in [0.5, 0.6) is 0 Å². The van der Waals surface area contributed by atoms with E-state index in [4.69, 9.17) is 4.74 Å². The maximum Gasteiger partial charge on any atom is 0.414 e. The van der Waals surface area contributed by atoms with Gasteiger partial charge in [-0.05, 0) is 61.2 Å². The minimum atomic E-state index is -0.481. The number of hydrogen-bond acceptors (Lipinski definition) is 3. The molecule has 2 heterocycles. The number of amides is 1. The normalized spacial score (nSPS) is 19.9. The van der Waals surface area contributed by atoms with Crippen molar-refractivity contribution in [3.05, 3.63) is 22.4 Å². The second kappa shape index (κ2) is 4.97. The van der Waals surface area contributed by atoms with Crippen LogP contribution in [0.2, 0.25) is 0 Å². The van der Waals surface area contributed by atoms with Crippen molar-refractivity contribution in [2.24, 2.45) is 0 Å². The summed E-state index contributed by atoms with van der Waals surface area (Å²) >= 11 is 3.46. The van der Waals surface area contributed by atoms with E-state index < -0.39 is 5.60 Å². The van der Waals surface area contributed by atoms with Gasteiger partial charge in [0.25, 0.3) is 0 Å². The van der Waals surface area contributed by atoms with E-state index in [1.54, 1.807) is 11.1 Å². The van der Waals surface area contributed by atoms with Crippen molar-refractivity contribution in [1.29, 1.82) is 0 Å². The van der Waals surface area contributed by atoms with Crippen molar-refractivity contribution >= 4 is 27.7 Å². The van der Waals surface area contributed by atoms with E-state index in [9.17, 15) is 4.79 Å². The lowest BCUT2D eigenvalue weighted by molar-refractivity contribution is 0.0578. The van der Waals surface area contributed by atoms with Gasteiger partial charge < -0.3 is 4.74 Å². The summed E-state index contributed by atoms with van der Waals surface area (Å²) in [6.07, 6.45) is 6.24. The van der Waals surface area contributed by atoms with Crippen LogP contribution in [-0.4, -0.2) is 23.2 Å². The Morgan fingerprint density at radius 3 is 2.67 bits per heavy atom. The number of carbonyl (C=O) groups excluding carboxylic acids is 1. The molecule has 0 aromatic carbocycles. The molecule has 2 aliphatic rings. The highest BCUT2D eigenvalue weighted by atomic mass is 79.9. The predicted molar refractivity (Wildman–Crippen MR) is 85.7 cm³/mol. The van der Waals surface area contributed by atoms with E-state index in [0.717, 1.165) is 29.7 Å². The van der Waals surface area contributed by atoms with Crippen LogP contribution in [0.25, 0.3) is 0 Å². The van der Waals surface area contributed by atoms with Crippen LogP contribution in [0.1, 0.15) is 52.0 Å². The minimum Gasteiger partial charge on any atom is -0.443 e. The van der Waals surface area contributed by atoms with Crippen LogP contribution in [0.15, 0.2) is 16.9 Å². The van der Waals surface area contributed by atoms with E-state index in [-0.39, 0.29) is 11.5 Å². The Hall–Kier alpha value is -1.10. The SMILES string of the molecule is CC(C)(C)OC(=O)N1CC2(CCCC2)c2cc(Br)ncc21. The molecule has 21 heavy (non-hydrogen) atoms. The number of pyridine rings is 1. The quantitative estimate of drug-likeness (QED) is 0.649. The zero-order valence-electron chi connectivity index (χ0n) is 12.8. The third-order valence-electron chi connectivity index (χ3n) is 4.35. The molecule has 1 aliphatic carbocycles. The van der Waals surface area contributed by atoms with Gasteiger partial charge in [-0.3, -0.25) is 4.90 Å². The lowest BCUT2D eigenvalue weighted by atomic mass is 9.81. The summed E-state index contributed by atoms with van der Waals surface area (Å²) < 4.78 is 6.39. The third-order valence-corrected chi connectivity index (χ3v) is 4.78. The fourth-order valence-electron chi connectivity index (χ4n) is 3.49. The van der Waals surface area contributed by atoms with Crippen molar-refractivity contribution < 1.29 is 9.53 Å². The maximum atomic E-state index is 12.5. The van der Waals surface area contributed by atoms with Crippen molar-refractivity contribution in [3.8, 4) is 0 Å². The van der Waals surface area contributed by atoms with Gasteiger partial charge in [0.2, 0.25) is 0 Å². The monoisotopic (exact) mass is 352 g/mol. The molecule has 0 bridgehead atoms. The highest BCUT2D eigenvalue weighted by Gasteiger charge is 2.47. The lowest BCUT2D eigenvalue weighted by Crippen LogP contribution is -2.39. The van der Waals surface area contributed by atoms with Crippen LogP contribution < -0.4 is 4.90 Å². The van der Waals surface area contributed by atoms with Crippen molar-refractivity contribution in [1.82, 2.24) is 4.98 Å². The topological polar surface area (TPSA) is 42.4 Å². The standard InChI is InChI=1S/C16H21BrN2O2/c1-15(2,3)21-14(20)19-10-16(6-4-5-7-16)11-8-13(17)18-9-12(11)19/h8-9H,4-7,10H2,1-3H3. The number of hydrogen-bond donors (Lipinski definition) is 0. The molecule has 0 radical (unpaired) electrons. The highest BCUT2D eigenvalue weighted by molar-refractivity contribution is 9.10. The molecule has 3 rings (SSSR count). The molecule has 0 N–H and O–H groups in total. The first kappa shape index (κ1) is 14.8. The highest BCUT2D eigenvalue weighted by Crippen LogP contribution is 2.50. The van der Waals surface area contributed by atoms with Gasteiger partial charge in [-0.15, -0.1) is 0 Å². The van der Waals surface area contributed by atoms with Gasteiger partial charge in [-0.1, -0.05) is 12.8 Å². The summed E-state index contributed by atoms with van der Waals surface area (Å²) in [6, 6.07) is 2.07. The molecule has 4 nitrogen and oxygen atoms in total. The van der Waals surface area contributed by atoms with Crippen LogP contribution in [0.4, 0.5) is 10.5 Å². The summed E-state index contributed by atoms with van der Waals surface area (Å²) in [4.78, 5) is 18.6. The van der Waals surface area contributed by atoms with Crippen LogP contribution in [0.3, 0.4) is 0 Å². The zero-order valence-corrected chi connectivity index (χ0v) is 14.4. The first-order valence-corrected chi connectivity index (χ1v) is 8.27. The second-order valence-electron chi connectivity index (χ2n) is 7.08. The molecular weight excluding hydrogens is 332 g/mol. The van der Waals surface area contributed by atoms with Gasteiger partial charge in [0, 0.05) is 12.0 Å². The van der Waals surface area contributed by atoms with Gasteiger partial charge >= 0.3 is 6.09 Å². The molecule has 1 spiro atoms. The first-order valence-electron chi connectivity index (χ1n) is 7.47. The third kappa shape index (κ3) is 2.68. The van der Waals surface area contributed by atoms with Gasteiger partial charge in [0.1, 0.15) is 10.2 Å². The van der Waals surface area contributed by atoms with E-state index in [1.807, 2.05) is 20.8 Å². The van der Waals surface area contributed by atoms with Crippen LogP contribution >= 0.6 is 15.9 Å². The molecule has 5 heteroatoms. The zero-order chi connectivity index (χ0) is 15.3. The molecule has 1 aromatic rings. The Morgan fingerprint density at radius 1 is 1.38 bits per heavy atom. The molecular formula is C16H21BrN2O2. The second-order valence-corrected chi connectivity index (χ2v) is 7.89. The summed E-state index contributed by atoms with van der Waals surface area (Å²) in [5, 5.41) is 0. The molecule has 0 unspecified atom stereocenters. The fourth-order valence-corrected chi connectivity index (χ4v) is 3.83. The largest absolute Gasteiger partial charge is 0.443 e. The van der Waals surface area contributed by atoms with Gasteiger partial charge in [-0.2, -0.15) is 0 Å². The average Bonchev–Trinajstić information content (AvgIpc) is 2.95. The number of ether oxygens (including phenoxy) is 1. The van der Waals surface area contributed by atoms with Gasteiger partial charge in [0.15, 0.2) is 0 Å². The summed E-state index contributed by atoms with van der Waals surface area (Å²) in [6.45, 7) is 6.41. The van der Waals surface area contributed by atoms with Crippen LogP contribution in [0, 0.1) is 0 Å². The lowest BCUT2D eigenvalue weighted by Gasteiger charge is -2.27. The Morgan fingerprint density at radius 2 is 2.05 bits per heavy atom. The summed E-state index contributed by atoms with van der Waals surface area (Å²) in [5.74, 6) is 0. The van der Waals surface area contributed by atoms with Gasteiger partial charge in [-0.25, -0.2) is 9.78 Å². The van der Waals surface area contributed by atoms with Crippen molar-refractivity contribution in [3.63, 3.8) is 0 Å². The Kier molecular flexibility index (Phi) is 3.51. The Balaban J connectivity index is 1.97. The molecule has 1 fully saturated rings. The number of rotatable bonds is 0. The molecule has 0 saturated heterocycles. The molecule has 1 saturated carbocycles. The Labute approximate surface area is 134 Å². The van der Waals surface area contributed by atoms with E-state index >= 15 is 0 Å². The maximum absolute atomic E-state index is 12.5. The van der Waals surface area contributed by atoms with Crippen molar-refractivity contribution in [2.45, 2.75) is 57.5 Å². The molecule has 1 aliphatic heterocycles. The number of fused-ring (bicyclic) bond motifs is 2. The first-order chi connectivity index (χ1) is 9.81. The number of anilines is 1. The van der Waals surface area contributed by atoms with E-state index in [2.05, 4.69) is 27.0 Å². The van der Waals surface area contributed by atoms with E-state index in [0.29, 0.717) is 0 Å². The minimum absolute atomic E-state index is 0.0949. The molecule has 0 atom stereocenters. The van der Waals surface area contributed by atoms with Crippen LogP contribution in [-0.2, 0) is 10.2 Å². The number of nitrogens with zero attached hydrogens (tertiary/aromatic N) is 2.